The van der Waals surface area contributed by atoms with Gasteiger partial charge in [0.2, 0.25) is 0 Å². The number of aromatic nitrogens is 2. The van der Waals surface area contributed by atoms with E-state index < -0.39 is 5.82 Å². The van der Waals surface area contributed by atoms with Crippen molar-refractivity contribution in [2.75, 3.05) is 13.7 Å². The fourth-order valence-corrected chi connectivity index (χ4v) is 2.12. The number of aliphatic hydroxyl groups excluding tert-OH is 1. The molecule has 0 aliphatic carbocycles. The lowest BCUT2D eigenvalue weighted by Gasteiger charge is -2.08. The molecule has 2 rings (SSSR count). The van der Waals surface area contributed by atoms with Gasteiger partial charge in [-0.2, -0.15) is 5.10 Å². The maximum atomic E-state index is 13.6. The van der Waals surface area contributed by atoms with E-state index in [4.69, 9.17) is 9.84 Å². The van der Waals surface area contributed by atoms with E-state index in [2.05, 4.69) is 21.0 Å². The van der Waals surface area contributed by atoms with Gasteiger partial charge in [-0.3, -0.25) is 4.68 Å². The van der Waals surface area contributed by atoms with Gasteiger partial charge in [0.1, 0.15) is 5.52 Å². The summed E-state index contributed by atoms with van der Waals surface area (Å²) < 4.78 is 20.8. The maximum absolute atomic E-state index is 13.6. The zero-order valence-electron chi connectivity index (χ0n) is 8.57. The van der Waals surface area contributed by atoms with Gasteiger partial charge in [0, 0.05) is 9.86 Å². The van der Waals surface area contributed by atoms with E-state index in [1.807, 2.05) is 0 Å². The molecule has 0 radical (unpaired) electrons. The Morgan fingerprint density at radius 2 is 2.38 bits per heavy atom. The quantitative estimate of drug-likeness (QED) is 0.939. The largest absolute Gasteiger partial charge is 0.491 e. The molecule has 1 heterocycles. The molecule has 1 N–H and O–H groups in total. The summed E-state index contributed by atoms with van der Waals surface area (Å²) in [4.78, 5) is 0. The van der Waals surface area contributed by atoms with E-state index in [1.54, 1.807) is 6.20 Å². The molecule has 6 heteroatoms. The van der Waals surface area contributed by atoms with Crippen molar-refractivity contribution in [1.29, 1.82) is 0 Å². The highest BCUT2D eigenvalue weighted by atomic mass is 79.9. The number of benzene rings is 1. The minimum absolute atomic E-state index is 0.0614. The van der Waals surface area contributed by atoms with Crippen LogP contribution in [0, 0.1) is 5.82 Å². The molecule has 4 nitrogen and oxygen atoms in total. The number of nitrogens with zero attached hydrogens (tertiary/aromatic N) is 2. The van der Waals surface area contributed by atoms with E-state index >= 15 is 0 Å². The Labute approximate surface area is 99.8 Å². The molecule has 0 aliphatic rings. The SMILES string of the molecule is COc1c(F)cc(Br)c2cnn(CCO)c12. The van der Waals surface area contributed by atoms with Crippen molar-refractivity contribution in [2.24, 2.45) is 0 Å². The van der Waals surface area contributed by atoms with Gasteiger partial charge in [-0.1, -0.05) is 0 Å². The number of halogens is 2. The summed E-state index contributed by atoms with van der Waals surface area (Å²) in [6.07, 6.45) is 1.61. The fourth-order valence-electron chi connectivity index (χ4n) is 1.63. The average molecular weight is 289 g/mol. The van der Waals surface area contributed by atoms with Gasteiger partial charge in [0.05, 0.1) is 26.5 Å². The molecule has 0 saturated carbocycles. The van der Waals surface area contributed by atoms with E-state index in [0.29, 0.717) is 16.5 Å². The van der Waals surface area contributed by atoms with E-state index in [9.17, 15) is 4.39 Å². The lowest BCUT2D eigenvalue weighted by Crippen LogP contribution is -2.05. The summed E-state index contributed by atoms with van der Waals surface area (Å²) in [7, 11) is 1.40. The van der Waals surface area contributed by atoms with Gasteiger partial charge in [-0.05, 0) is 22.0 Å². The Hall–Kier alpha value is -1.14. The normalized spacial score (nSPS) is 11.0. The summed E-state index contributed by atoms with van der Waals surface area (Å²) in [6.45, 7) is 0.240. The zero-order chi connectivity index (χ0) is 11.7. The maximum Gasteiger partial charge on any atom is 0.180 e. The average Bonchev–Trinajstić information content (AvgIpc) is 2.64. The highest BCUT2D eigenvalue weighted by Crippen LogP contribution is 2.34. The van der Waals surface area contributed by atoms with E-state index in [1.165, 1.54) is 17.9 Å². The number of hydrogen-bond donors (Lipinski definition) is 1. The van der Waals surface area contributed by atoms with Crippen LogP contribution in [0.15, 0.2) is 16.7 Å². The molecule has 16 heavy (non-hydrogen) atoms. The van der Waals surface area contributed by atoms with Gasteiger partial charge in [-0.25, -0.2) is 4.39 Å². The highest BCUT2D eigenvalue weighted by Gasteiger charge is 2.16. The number of ether oxygens (including phenoxy) is 1. The summed E-state index contributed by atoms with van der Waals surface area (Å²) in [5.74, 6) is -0.314. The molecule has 0 bridgehead atoms. The van der Waals surface area contributed by atoms with Crippen molar-refractivity contribution >= 4 is 26.8 Å². The molecular weight excluding hydrogens is 279 g/mol. The number of hydrogen-bond acceptors (Lipinski definition) is 3. The summed E-state index contributed by atoms with van der Waals surface area (Å²) in [5, 5.41) is 13.7. The first-order valence-corrected chi connectivity index (χ1v) is 5.46. The summed E-state index contributed by atoms with van der Waals surface area (Å²) >= 11 is 3.26. The lowest BCUT2D eigenvalue weighted by molar-refractivity contribution is 0.271. The first-order chi connectivity index (χ1) is 7.69. The third-order valence-corrected chi connectivity index (χ3v) is 2.95. The minimum Gasteiger partial charge on any atom is -0.491 e. The molecular formula is C10H10BrFN2O2. The molecule has 1 aromatic heterocycles. The van der Waals surface area contributed by atoms with Gasteiger partial charge in [0.15, 0.2) is 11.6 Å². The lowest BCUT2D eigenvalue weighted by atomic mass is 10.2. The van der Waals surface area contributed by atoms with Crippen LogP contribution in [0.1, 0.15) is 0 Å². The van der Waals surface area contributed by atoms with Crippen LogP contribution >= 0.6 is 15.9 Å². The number of methoxy groups -OCH3 is 1. The molecule has 0 unspecified atom stereocenters. The number of fused-ring (bicyclic) bond motifs is 1. The number of aliphatic hydroxyl groups is 1. The van der Waals surface area contributed by atoms with Crippen LogP contribution in [-0.2, 0) is 6.54 Å². The van der Waals surface area contributed by atoms with Crippen LogP contribution in [0.2, 0.25) is 0 Å². The first kappa shape index (κ1) is 11.3. The van der Waals surface area contributed by atoms with Crippen LogP contribution in [0.5, 0.6) is 5.75 Å². The Kier molecular flexibility index (Phi) is 3.11. The van der Waals surface area contributed by atoms with Crippen molar-refractivity contribution < 1.29 is 14.2 Å². The first-order valence-electron chi connectivity index (χ1n) is 4.67. The van der Waals surface area contributed by atoms with Crippen molar-refractivity contribution in [1.82, 2.24) is 9.78 Å². The van der Waals surface area contributed by atoms with Crippen LogP contribution < -0.4 is 4.74 Å². The summed E-state index contributed by atoms with van der Waals surface area (Å²) in [5.41, 5.74) is 0.545. The molecule has 0 amide bonds. The second-order valence-electron chi connectivity index (χ2n) is 3.23. The van der Waals surface area contributed by atoms with Gasteiger partial charge in [-0.15, -0.1) is 0 Å². The molecule has 0 saturated heterocycles. The third-order valence-electron chi connectivity index (χ3n) is 2.30. The number of rotatable bonds is 3. The van der Waals surface area contributed by atoms with Crippen molar-refractivity contribution in [2.45, 2.75) is 6.54 Å². The van der Waals surface area contributed by atoms with Crippen molar-refractivity contribution in [3.05, 3.63) is 22.6 Å². The molecule has 0 atom stereocenters. The standard InChI is InChI=1S/C10H10BrFN2O2/c1-16-10-8(12)4-7(11)6-5-13-14(2-3-15)9(6)10/h4-5,15H,2-3H2,1H3. The Bertz CT molecular complexity index is 527. The smallest absolute Gasteiger partial charge is 0.180 e. The molecule has 0 aliphatic heterocycles. The molecule has 0 fully saturated rings. The van der Waals surface area contributed by atoms with Crippen LogP contribution in [-0.4, -0.2) is 28.6 Å². The summed E-state index contributed by atoms with van der Waals surface area (Å²) in [6, 6.07) is 1.34. The zero-order valence-corrected chi connectivity index (χ0v) is 10.2. The Balaban J connectivity index is 2.77. The van der Waals surface area contributed by atoms with Gasteiger partial charge >= 0.3 is 0 Å². The van der Waals surface area contributed by atoms with Crippen LogP contribution in [0.3, 0.4) is 0 Å². The molecule has 0 spiro atoms. The molecule has 1 aromatic carbocycles. The Morgan fingerprint density at radius 3 is 3.00 bits per heavy atom. The van der Waals surface area contributed by atoms with Crippen LogP contribution in [0.25, 0.3) is 10.9 Å². The highest BCUT2D eigenvalue weighted by molar-refractivity contribution is 9.10. The second-order valence-corrected chi connectivity index (χ2v) is 4.08. The van der Waals surface area contributed by atoms with Crippen molar-refractivity contribution in [3.63, 3.8) is 0 Å². The van der Waals surface area contributed by atoms with Crippen LogP contribution in [0.4, 0.5) is 4.39 Å². The molecule has 2 aromatic rings. The topological polar surface area (TPSA) is 47.3 Å². The fraction of sp³-hybridized carbons (Fsp3) is 0.300. The van der Waals surface area contributed by atoms with E-state index in [0.717, 1.165) is 5.39 Å². The third kappa shape index (κ3) is 1.68. The Morgan fingerprint density at radius 1 is 1.62 bits per heavy atom. The second kappa shape index (κ2) is 4.39. The predicted molar refractivity (Wildman–Crippen MR) is 61.0 cm³/mol. The predicted octanol–water partition coefficient (Wildman–Crippen LogP) is 1.94. The molecule has 86 valence electrons. The monoisotopic (exact) mass is 288 g/mol. The minimum atomic E-state index is -0.457. The van der Waals surface area contributed by atoms with Gasteiger partial charge in [0.25, 0.3) is 0 Å². The van der Waals surface area contributed by atoms with Gasteiger partial charge < -0.3 is 9.84 Å². The van der Waals surface area contributed by atoms with Crippen molar-refractivity contribution in [3.8, 4) is 5.75 Å². The van der Waals surface area contributed by atoms with E-state index in [-0.39, 0.29) is 12.4 Å².